The molecule has 1 atom stereocenters. The molecule has 4 rings (SSSR count). The number of fused-ring (bicyclic) bond motifs is 1. The number of aromatic nitrogens is 3. The summed E-state index contributed by atoms with van der Waals surface area (Å²) in [5.74, 6) is -0.0639. The lowest BCUT2D eigenvalue weighted by molar-refractivity contribution is 0.0325. The average molecular weight is 406 g/mol. The molecular formula is C19H20ClN3O3S. The molecule has 0 aliphatic carbocycles. The minimum Gasteiger partial charge on any atom is -0.451 e. The Labute approximate surface area is 166 Å². The van der Waals surface area contributed by atoms with Crippen LogP contribution in [0.2, 0.25) is 5.02 Å². The Kier molecular flexibility index (Phi) is 5.16. The molecule has 0 radical (unpaired) electrons. The molecule has 1 fully saturated rings. The molecule has 8 heteroatoms. The van der Waals surface area contributed by atoms with Gasteiger partial charge in [0.2, 0.25) is 0 Å². The highest BCUT2D eigenvalue weighted by Crippen LogP contribution is 2.31. The molecule has 2 aromatic heterocycles. The molecule has 1 unspecified atom stereocenters. The number of ether oxygens (including phenoxy) is 2. The van der Waals surface area contributed by atoms with Crippen LogP contribution in [0.25, 0.3) is 10.2 Å². The predicted octanol–water partition coefficient (Wildman–Crippen LogP) is 4.50. The van der Waals surface area contributed by atoms with Crippen LogP contribution >= 0.6 is 22.9 Å². The lowest BCUT2D eigenvalue weighted by Crippen LogP contribution is -2.14. The van der Waals surface area contributed by atoms with Crippen molar-refractivity contribution in [3.8, 4) is 0 Å². The van der Waals surface area contributed by atoms with Gasteiger partial charge in [-0.05, 0) is 44.0 Å². The van der Waals surface area contributed by atoms with Crippen molar-refractivity contribution >= 4 is 39.1 Å². The fourth-order valence-corrected chi connectivity index (χ4v) is 4.33. The van der Waals surface area contributed by atoms with Crippen LogP contribution in [-0.2, 0) is 16.5 Å². The Morgan fingerprint density at radius 3 is 2.93 bits per heavy atom. The summed E-state index contributed by atoms with van der Waals surface area (Å²) in [6, 6.07) is 7.40. The highest BCUT2D eigenvalue weighted by atomic mass is 35.5. The summed E-state index contributed by atoms with van der Waals surface area (Å²) in [6.45, 7) is 3.30. The van der Waals surface area contributed by atoms with Gasteiger partial charge in [0, 0.05) is 31.2 Å². The lowest BCUT2D eigenvalue weighted by Gasteiger charge is -2.19. The van der Waals surface area contributed by atoms with Crippen molar-refractivity contribution in [3.05, 3.63) is 45.7 Å². The molecule has 0 N–H and O–H groups in total. The third kappa shape index (κ3) is 3.85. The number of halogens is 1. The second-order valence-corrected chi connectivity index (χ2v) is 8.18. The molecule has 1 saturated heterocycles. The van der Waals surface area contributed by atoms with E-state index in [1.807, 2.05) is 31.2 Å². The van der Waals surface area contributed by atoms with E-state index in [1.165, 1.54) is 11.3 Å². The SMILES string of the molecule is CC(OC(=O)c1cc(C2CCOCC2)nn1C)c1nc2cc(Cl)ccc2s1. The van der Waals surface area contributed by atoms with Crippen molar-refractivity contribution in [2.45, 2.75) is 31.8 Å². The van der Waals surface area contributed by atoms with E-state index in [-0.39, 0.29) is 0 Å². The van der Waals surface area contributed by atoms with Crippen molar-refractivity contribution < 1.29 is 14.3 Å². The standard InChI is InChI=1S/C19H20ClN3O3S/c1-11(18-21-15-9-13(20)3-4-17(15)27-18)26-19(24)16-10-14(22-23(16)2)12-5-7-25-8-6-12/h3-4,9-12H,5-8H2,1-2H3. The van der Waals surface area contributed by atoms with Gasteiger partial charge in [0.1, 0.15) is 10.7 Å². The summed E-state index contributed by atoms with van der Waals surface area (Å²) in [6.07, 6.45) is 1.40. The molecular weight excluding hydrogens is 386 g/mol. The maximum absolute atomic E-state index is 12.7. The van der Waals surface area contributed by atoms with Crippen LogP contribution in [0.15, 0.2) is 24.3 Å². The summed E-state index contributed by atoms with van der Waals surface area (Å²) >= 11 is 7.52. The van der Waals surface area contributed by atoms with Gasteiger partial charge in [0.15, 0.2) is 6.10 Å². The highest BCUT2D eigenvalue weighted by Gasteiger charge is 2.24. The Balaban J connectivity index is 1.50. The van der Waals surface area contributed by atoms with Gasteiger partial charge in [-0.15, -0.1) is 11.3 Å². The Morgan fingerprint density at radius 1 is 1.37 bits per heavy atom. The number of nitrogens with zero attached hydrogens (tertiary/aromatic N) is 3. The number of hydrogen-bond donors (Lipinski definition) is 0. The molecule has 0 amide bonds. The highest BCUT2D eigenvalue weighted by molar-refractivity contribution is 7.18. The van der Waals surface area contributed by atoms with Gasteiger partial charge in [-0.2, -0.15) is 5.10 Å². The zero-order chi connectivity index (χ0) is 19.0. The third-order valence-corrected chi connectivity index (χ3v) is 6.18. The number of aryl methyl sites for hydroxylation is 1. The van der Waals surface area contributed by atoms with Gasteiger partial charge < -0.3 is 9.47 Å². The van der Waals surface area contributed by atoms with E-state index in [1.54, 1.807) is 11.7 Å². The zero-order valence-electron chi connectivity index (χ0n) is 15.1. The van der Waals surface area contributed by atoms with Gasteiger partial charge in [0.25, 0.3) is 0 Å². The molecule has 0 saturated carbocycles. The van der Waals surface area contributed by atoms with Crippen LogP contribution < -0.4 is 0 Å². The second kappa shape index (κ2) is 7.58. The lowest BCUT2D eigenvalue weighted by atomic mass is 9.96. The van der Waals surface area contributed by atoms with Crippen LogP contribution in [0.4, 0.5) is 0 Å². The molecule has 3 aromatic rings. The van der Waals surface area contributed by atoms with Gasteiger partial charge in [-0.3, -0.25) is 4.68 Å². The van der Waals surface area contributed by atoms with E-state index in [4.69, 9.17) is 21.1 Å². The van der Waals surface area contributed by atoms with E-state index < -0.39 is 12.1 Å². The Bertz CT molecular complexity index is 978. The van der Waals surface area contributed by atoms with Crippen LogP contribution in [0.5, 0.6) is 0 Å². The normalized spacial score (nSPS) is 16.6. The Hall–Kier alpha value is -1.96. The topological polar surface area (TPSA) is 66.2 Å². The van der Waals surface area contributed by atoms with Gasteiger partial charge in [-0.1, -0.05) is 11.6 Å². The van der Waals surface area contributed by atoms with Crippen LogP contribution in [0.1, 0.15) is 53.0 Å². The van der Waals surface area contributed by atoms with E-state index in [9.17, 15) is 4.79 Å². The number of rotatable bonds is 4. The summed E-state index contributed by atoms with van der Waals surface area (Å²) in [5, 5.41) is 5.89. The fraction of sp³-hybridized carbons (Fsp3) is 0.421. The summed E-state index contributed by atoms with van der Waals surface area (Å²) in [5.41, 5.74) is 2.19. The van der Waals surface area contributed by atoms with Gasteiger partial charge in [-0.25, -0.2) is 9.78 Å². The number of esters is 1. The number of carbonyl (C=O) groups is 1. The smallest absolute Gasteiger partial charge is 0.357 e. The van der Waals surface area contributed by atoms with E-state index in [2.05, 4.69) is 10.1 Å². The first-order chi connectivity index (χ1) is 13.0. The fourth-order valence-electron chi connectivity index (χ4n) is 3.24. The van der Waals surface area contributed by atoms with Crippen LogP contribution in [0.3, 0.4) is 0 Å². The molecule has 142 valence electrons. The number of benzene rings is 1. The van der Waals surface area contributed by atoms with Gasteiger partial charge >= 0.3 is 5.97 Å². The summed E-state index contributed by atoms with van der Waals surface area (Å²) < 4.78 is 13.7. The number of hydrogen-bond acceptors (Lipinski definition) is 6. The number of carbonyl (C=O) groups excluding carboxylic acids is 1. The third-order valence-electron chi connectivity index (χ3n) is 4.75. The molecule has 1 aliphatic heterocycles. The maximum atomic E-state index is 12.7. The molecule has 6 nitrogen and oxygen atoms in total. The molecule has 0 bridgehead atoms. The van der Waals surface area contributed by atoms with Crippen LogP contribution in [0, 0.1) is 0 Å². The van der Waals surface area contributed by atoms with Crippen LogP contribution in [-0.4, -0.2) is 33.9 Å². The number of thiazole rings is 1. The molecule has 1 aliphatic rings. The maximum Gasteiger partial charge on any atom is 0.357 e. The summed E-state index contributed by atoms with van der Waals surface area (Å²) in [4.78, 5) is 17.2. The van der Waals surface area contributed by atoms with Crippen molar-refractivity contribution in [3.63, 3.8) is 0 Å². The molecule has 27 heavy (non-hydrogen) atoms. The first-order valence-corrected chi connectivity index (χ1v) is 10.1. The largest absolute Gasteiger partial charge is 0.451 e. The van der Waals surface area contributed by atoms with E-state index in [0.29, 0.717) is 16.6 Å². The van der Waals surface area contributed by atoms with Crippen molar-refractivity contribution in [2.75, 3.05) is 13.2 Å². The molecule has 3 heterocycles. The monoisotopic (exact) mass is 405 g/mol. The van der Waals surface area contributed by atoms with Crippen molar-refractivity contribution in [1.29, 1.82) is 0 Å². The first kappa shape index (κ1) is 18.4. The van der Waals surface area contributed by atoms with Crippen molar-refractivity contribution in [2.24, 2.45) is 7.05 Å². The minimum atomic E-state index is -0.449. The summed E-state index contributed by atoms with van der Waals surface area (Å²) in [7, 11) is 1.77. The first-order valence-electron chi connectivity index (χ1n) is 8.90. The van der Waals surface area contributed by atoms with E-state index >= 15 is 0 Å². The van der Waals surface area contributed by atoms with Crippen molar-refractivity contribution in [1.82, 2.24) is 14.8 Å². The average Bonchev–Trinajstić information content (AvgIpc) is 3.25. The molecule has 0 spiro atoms. The predicted molar refractivity (Wildman–Crippen MR) is 104 cm³/mol. The van der Waals surface area contributed by atoms with Gasteiger partial charge in [0.05, 0.1) is 15.9 Å². The zero-order valence-corrected chi connectivity index (χ0v) is 16.7. The quantitative estimate of drug-likeness (QED) is 0.598. The second-order valence-electron chi connectivity index (χ2n) is 6.68. The minimum absolute atomic E-state index is 0.331. The van der Waals surface area contributed by atoms with E-state index in [0.717, 1.165) is 47.0 Å². The Morgan fingerprint density at radius 2 is 2.15 bits per heavy atom. The molecule has 1 aromatic carbocycles.